The molecule has 0 bridgehead atoms. The van der Waals surface area contributed by atoms with Gasteiger partial charge in [-0.2, -0.15) is 0 Å². The molecule has 1 amide bonds. The van der Waals surface area contributed by atoms with Gasteiger partial charge in [-0.25, -0.2) is 0 Å². The van der Waals surface area contributed by atoms with Crippen LogP contribution in [0.2, 0.25) is 0 Å². The predicted molar refractivity (Wildman–Crippen MR) is 117 cm³/mol. The van der Waals surface area contributed by atoms with Gasteiger partial charge in [0.25, 0.3) is 0 Å². The fraction of sp³-hybridized carbons (Fsp3) is 0.500. The van der Waals surface area contributed by atoms with Gasteiger partial charge in [0.1, 0.15) is 0 Å². The van der Waals surface area contributed by atoms with Crippen molar-refractivity contribution < 1.29 is 9.59 Å². The molecule has 29 heavy (non-hydrogen) atoms. The molecule has 0 radical (unpaired) electrons. The highest BCUT2D eigenvalue weighted by atomic mass is 16.1. The van der Waals surface area contributed by atoms with Crippen molar-refractivity contribution >= 4 is 22.5 Å². The number of nitrogens with two attached hydrogens (primary N) is 2. The Morgan fingerprint density at radius 3 is 2.69 bits per heavy atom. The lowest BCUT2D eigenvalue weighted by atomic mass is 9.92. The zero-order valence-electron chi connectivity index (χ0n) is 17.2. The number of Topliss-reactive ketones (excluding diaryl/α,β-unsaturated/α-hetero) is 1. The summed E-state index contributed by atoms with van der Waals surface area (Å²) in [5.74, 6) is -0.567. The first-order valence-corrected chi connectivity index (χ1v) is 10.8. The highest BCUT2D eigenvalue weighted by Crippen LogP contribution is 2.24. The van der Waals surface area contributed by atoms with Crippen LogP contribution < -0.4 is 11.5 Å². The lowest BCUT2D eigenvalue weighted by Crippen LogP contribution is -2.39. The number of ketones is 1. The summed E-state index contributed by atoms with van der Waals surface area (Å²) in [6, 6.07) is 14.8. The second-order valence-electron chi connectivity index (χ2n) is 8.14. The second-order valence-corrected chi connectivity index (χ2v) is 8.14. The summed E-state index contributed by atoms with van der Waals surface area (Å²) in [4.78, 5) is 27.0. The summed E-state index contributed by atoms with van der Waals surface area (Å²) < 4.78 is 0. The molecule has 0 unspecified atom stereocenters. The van der Waals surface area contributed by atoms with Crippen LogP contribution in [-0.4, -0.2) is 42.3 Å². The van der Waals surface area contributed by atoms with E-state index in [1.807, 2.05) is 0 Å². The highest BCUT2D eigenvalue weighted by molar-refractivity contribution is 5.89. The molecule has 0 saturated carbocycles. The number of amides is 1. The van der Waals surface area contributed by atoms with Gasteiger partial charge in [0, 0.05) is 18.9 Å². The van der Waals surface area contributed by atoms with Gasteiger partial charge in [0.15, 0.2) is 5.78 Å². The second kappa shape index (κ2) is 10.5. The van der Waals surface area contributed by atoms with Crippen LogP contribution >= 0.6 is 0 Å². The van der Waals surface area contributed by atoms with Gasteiger partial charge in [-0.15, -0.1) is 0 Å². The van der Waals surface area contributed by atoms with Crippen molar-refractivity contribution in [2.75, 3.05) is 19.6 Å². The third-order valence-electron chi connectivity index (χ3n) is 6.14. The van der Waals surface area contributed by atoms with E-state index in [-0.39, 0.29) is 30.1 Å². The van der Waals surface area contributed by atoms with Gasteiger partial charge in [-0.1, -0.05) is 48.9 Å². The number of carbonyl (C=O) groups excluding carboxylic acids is 2. The number of unbranched alkanes of at least 4 members (excludes halogenated alkanes) is 1. The van der Waals surface area contributed by atoms with E-state index in [1.165, 1.54) is 16.3 Å². The molecule has 4 N–H and O–H groups in total. The summed E-state index contributed by atoms with van der Waals surface area (Å²) in [5, 5.41) is 2.53. The largest absolute Gasteiger partial charge is 0.369 e. The Balaban J connectivity index is 1.60. The van der Waals surface area contributed by atoms with E-state index in [2.05, 4.69) is 47.4 Å². The molecule has 1 aliphatic rings. The topological polar surface area (TPSA) is 89.4 Å². The van der Waals surface area contributed by atoms with E-state index in [1.54, 1.807) is 0 Å². The fourth-order valence-electron chi connectivity index (χ4n) is 4.49. The van der Waals surface area contributed by atoms with Gasteiger partial charge in [-0.3, -0.25) is 14.5 Å². The minimum Gasteiger partial charge on any atom is -0.369 e. The van der Waals surface area contributed by atoms with Crippen molar-refractivity contribution in [3.8, 4) is 0 Å². The lowest BCUT2D eigenvalue weighted by Gasteiger charge is -2.25. The van der Waals surface area contributed by atoms with Crippen LogP contribution in [0.25, 0.3) is 10.8 Å². The van der Waals surface area contributed by atoms with Crippen molar-refractivity contribution in [2.45, 2.75) is 51.0 Å². The number of hydrogen-bond donors (Lipinski definition) is 2. The molecule has 5 nitrogen and oxygen atoms in total. The van der Waals surface area contributed by atoms with Crippen LogP contribution in [0.3, 0.4) is 0 Å². The predicted octanol–water partition coefficient (Wildman–Crippen LogP) is 3.04. The molecule has 0 aliphatic carbocycles. The maximum Gasteiger partial charge on any atom is 0.220 e. The molecule has 0 spiro atoms. The van der Waals surface area contributed by atoms with Gasteiger partial charge >= 0.3 is 0 Å². The summed E-state index contributed by atoms with van der Waals surface area (Å²) in [7, 11) is 0. The smallest absolute Gasteiger partial charge is 0.220 e. The molecule has 1 saturated heterocycles. The standard InChI is InChI=1S/C24H33N3O2/c25-14-4-3-8-20(24(26)29)17-23(28)22-12-6-15-27(22)16-13-19-10-5-9-18-7-1-2-11-21(18)19/h1-2,5,7,9-11,20,22H,3-4,6,8,12-17,25H2,(H2,26,29)/t20-,22+/m1/s1. The minimum atomic E-state index is -0.366. The van der Waals surface area contributed by atoms with Gasteiger partial charge in [0.05, 0.1) is 6.04 Å². The number of likely N-dealkylation sites (tertiary alicyclic amines) is 1. The third kappa shape index (κ3) is 5.64. The fourth-order valence-corrected chi connectivity index (χ4v) is 4.49. The van der Waals surface area contributed by atoms with E-state index in [0.29, 0.717) is 13.0 Å². The number of hydrogen-bond acceptors (Lipinski definition) is 4. The van der Waals surface area contributed by atoms with Gasteiger partial charge in [-0.05, 0) is 61.5 Å². The first-order valence-electron chi connectivity index (χ1n) is 10.8. The molecule has 1 fully saturated rings. The molecule has 2 aromatic carbocycles. The average Bonchev–Trinajstić information content (AvgIpc) is 3.20. The van der Waals surface area contributed by atoms with Crippen LogP contribution in [0.1, 0.15) is 44.1 Å². The molecule has 1 heterocycles. The monoisotopic (exact) mass is 395 g/mol. The minimum absolute atomic E-state index is 0.0821. The maximum absolute atomic E-state index is 13.0. The average molecular weight is 396 g/mol. The number of nitrogens with zero attached hydrogens (tertiary/aromatic N) is 1. The van der Waals surface area contributed by atoms with E-state index >= 15 is 0 Å². The van der Waals surface area contributed by atoms with Gasteiger partial charge < -0.3 is 11.5 Å². The van der Waals surface area contributed by atoms with Crippen molar-refractivity contribution in [3.05, 3.63) is 48.0 Å². The molecule has 3 rings (SSSR count). The van der Waals surface area contributed by atoms with Gasteiger partial charge in [0.2, 0.25) is 5.91 Å². The number of fused-ring (bicyclic) bond motifs is 1. The summed E-state index contributed by atoms with van der Waals surface area (Å²) in [6.07, 6.45) is 5.44. The Bertz CT molecular complexity index is 830. The SMILES string of the molecule is NCCCC[C@H](CC(=O)[C@@H]1CCCN1CCc1cccc2ccccc12)C(N)=O. The number of rotatable bonds is 11. The van der Waals surface area contributed by atoms with Crippen molar-refractivity contribution in [2.24, 2.45) is 17.4 Å². The normalized spacial score (nSPS) is 18.2. The van der Waals surface area contributed by atoms with Crippen LogP contribution in [0.15, 0.2) is 42.5 Å². The van der Waals surface area contributed by atoms with Crippen molar-refractivity contribution in [1.82, 2.24) is 4.90 Å². The summed E-state index contributed by atoms with van der Waals surface area (Å²) in [5.41, 5.74) is 12.4. The first kappa shape index (κ1) is 21.5. The Morgan fingerprint density at radius 2 is 1.90 bits per heavy atom. The number of benzene rings is 2. The molecule has 1 aliphatic heterocycles. The molecule has 5 heteroatoms. The quantitative estimate of drug-likeness (QED) is 0.572. The van der Waals surface area contributed by atoms with Crippen molar-refractivity contribution in [3.63, 3.8) is 0 Å². The van der Waals surface area contributed by atoms with E-state index in [9.17, 15) is 9.59 Å². The Morgan fingerprint density at radius 1 is 1.10 bits per heavy atom. The number of carbonyl (C=O) groups is 2. The molecule has 0 aromatic heterocycles. The van der Waals surface area contributed by atoms with Crippen LogP contribution in [0, 0.1) is 5.92 Å². The highest BCUT2D eigenvalue weighted by Gasteiger charge is 2.32. The molecular formula is C24H33N3O2. The Labute approximate surface area is 173 Å². The van der Waals surface area contributed by atoms with Crippen molar-refractivity contribution in [1.29, 1.82) is 0 Å². The van der Waals surface area contributed by atoms with E-state index in [0.717, 1.165) is 45.2 Å². The van der Waals surface area contributed by atoms with E-state index in [4.69, 9.17) is 11.5 Å². The number of primary amides is 1. The molecule has 2 atom stereocenters. The van der Waals surface area contributed by atoms with Crippen LogP contribution in [0.5, 0.6) is 0 Å². The molecule has 156 valence electrons. The first-order chi connectivity index (χ1) is 14.1. The zero-order valence-corrected chi connectivity index (χ0v) is 17.2. The lowest BCUT2D eigenvalue weighted by molar-refractivity contribution is -0.129. The zero-order chi connectivity index (χ0) is 20.6. The van der Waals surface area contributed by atoms with E-state index < -0.39 is 0 Å². The Hall–Kier alpha value is -2.24. The third-order valence-corrected chi connectivity index (χ3v) is 6.14. The van der Waals surface area contributed by atoms with Crippen LogP contribution in [0.4, 0.5) is 0 Å². The Kier molecular flexibility index (Phi) is 7.78. The molecule has 2 aromatic rings. The summed E-state index contributed by atoms with van der Waals surface area (Å²) in [6.45, 7) is 2.40. The molecular weight excluding hydrogens is 362 g/mol. The van der Waals surface area contributed by atoms with Crippen LogP contribution in [-0.2, 0) is 16.0 Å². The maximum atomic E-state index is 13.0. The summed E-state index contributed by atoms with van der Waals surface area (Å²) >= 11 is 0.